The van der Waals surface area contributed by atoms with Crippen LogP contribution in [0.2, 0.25) is 0 Å². The van der Waals surface area contributed by atoms with Gasteiger partial charge >= 0.3 is 0 Å². The zero-order valence-electron chi connectivity index (χ0n) is 10.9. The summed E-state index contributed by atoms with van der Waals surface area (Å²) in [5.74, 6) is -0.578. The Morgan fingerprint density at radius 1 is 1.30 bits per heavy atom. The van der Waals surface area contributed by atoms with Crippen molar-refractivity contribution in [3.05, 3.63) is 63.9 Å². The van der Waals surface area contributed by atoms with Gasteiger partial charge in [-0.05, 0) is 59.1 Å². The molecule has 0 unspecified atom stereocenters. The molecule has 1 aliphatic heterocycles. The Morgan fingerprint density at radius 3 is 2.85 bits per heavy atom. The fraction of sp³-hybridized carbons (Fsp3) is 0.188. The molecule has 3 rings (SSSR count). The third-order valence-electron chi connectivity index (χ3n) is 3.58. The molecule has 0 N–H and O–H groups in total. The van der Waals surface area contributed by atoms with Gasteiger partial charge in [-0.2, -0.15) is 0 Å². The summed E-state index contributed by atoms with van der Waals surface area (Å²) in [5.41, 5.74) is 2.43. The molecular formula is C16H13BrFNO. The molecule has 0 saturated heterocycles. The predicted octanol–water partition coefficient (Wildman–Crippen LogP) is 4.18. The van der Waals surface area contributed by atoms with Crippen molar-refractivity contribution >= 4 is 27.5 Å². The molecule has 0 fully saturated rings. The molecule has 20 heavy (non-hydrogen) atoms. The van der Waals surface area contributed by atoms with Crippen LogP contribution in [0.15, 0.2) is 46.9 Å². The zero-order chi connectivity index (χ0) is 14.3. The Balaban J connectivity index is 2.05. The molecular weight excluding hydrogens is 321 g/mol. The molecule has 2 nitrogen and oxygen atoms in total. The first-order chi connectivity index (χ1) is 9.58. The van der Waals surface area contributed by atoms with Gasteiger partial charge in [-0.15, -0.1) is 0 Å². The average Bonchev–Trinajstić information content (AvgIpc) is 2.76. The molecule has 2 aromatic carbocycles. The van der Waals surface area contributed by atoms with Crippen LogP contribution < -0.4 is 4.90 Å². The molecule has 0 spiro atoms. The summed E-state index contributed by atoms with van der Waals surface area (Å²) in [6.45, 7) is 2.01. The van der Waals surface area contributed by atoms with E-state index in [0.29, 0.717) is 10.0 Å². The maximum Gasteiger partial charge on any atom is 0.259 e. The molecule has 0 aliphatic carbocycles. The highest BCUT2D eigenvalue weighted by Crippen LogP contribution is 2.34. The number of benzene rings is 2. The van der Waals surface area contributed by atoms with Gasteiger partial charge in [-0.1, -0.05) is 18.2 Å². The van der Waals surface area contributed by atoms with E-state index in [1.807, 2.05) is 31.2 Å². The van der Waals surface area contributed by atoms with Gasteiger partial charge in [0.15, 0.2) is 0 Å². The van der Waals surface area contributed by atoms with E-state index < -0.39 is 5.82 Å². The number of anilines is 1. The van der Waals surface area contributed by atoms with Crippen LogP contribution >= 0.6 is 15.9 Å². The number of carbonyl (C=O) groups is 1. The van der Waals surface area contributed by atoms with Crippen molar-refractivity contribution in [2.24, 2.45) is 0 Å². The molecule has 4 heteroatoms. The molecule has 0 radical (unpaired) electrons. The fourth-order valence-corrected chi connectivity index (χ4v) is 3.08. The number of para-hydroxylation sites is 1. The van der Waals surface area contributed by atoms with Gasteiger partial charge in [0.05, 0.1) is 5.56 Å². The average molecular weight is 334 g/mol. The molecule has 1 atom stereocenters. The maximum absolute atomic E-state index is 13.4. The van der Waals surface area contributed by atoms with E-state index in [2.05, 4.69) is 15.9 Å². The lowest BCUT2D eigenvalue weighted by Gasteiger charge is -2.23. The van der Waals surface area contributed by atoms with E-state index in [1.165, 1.54) is 12.1 Å². The van der Waals surface area contributed by atoms with E-state index >= 15 is 0 Å². The molecule has 1 aliphatic rings. The van der Waals surface area contributed by atoms with Gasteiger partial charge in [0, 0.05) is 16.2 Å². The smallest absolute Gasteiger partial charge is 0.259 e. The number of halogens is 2. The molecule has 0 aromatic heterocycles. The SMILES string of the molecule is C[C@@H]1Cc2ccccc2N1C(=O)c1cc(F)ccc1Br. The summed E-state index contributed by atoms with van der Waals surface area (Å²) in [5, 5.41) is 0. The van der Waals surface area contributed by atoms with Crippen molar-refractivity contribution in [3.8, 4) is 0 Å². The highest BCUT2D eigenvalue weighted by atomic mass is 79.9. The predicted molar refractivity (Wildman–Crippen MR) is 80.5 cm³/mol. The van der Waals surface area contributed by atoms with Gasteiger partial charge in [-0.25, -0.2) is 4.39 Å². The van der Waals surface area contributed by atoms with Crippen molar-refractivity contribution in [3.63, 3.8) is 0 Å². The number of hydrogen-bond acceptors (Lipinski definition) is 1. The molecule has 2 aromatic rings. The van der Waals surface area contributed by atoms with Crippen LogP contribution in [-0.2, 0) is 6.42 Å². The van der Waals surface area contributed by atoms with Gasteiger partial charge in [0.1, 0.15) is 5.82 Å². The van der Waals surface area contributed by atoms with Crippen molar-refractivity contribution < 1.29 is 9.18 Å². The van der Waals surface area contributed by atoms with Crippen molar-refractivity contribution in [1.29, 1.82) is 0 Å². The highest BCUT2D eigenvalue weighted by molar-refractivity contribution is 9.10. The number of hydrogen-bond donors (Lipinski definition) is 0. The minimum Gasteiger partial charge on any atom is -0.305 e. The van der Waals surface area contributed by atoms with E-state index in [1.54, 1.807) is 11.0 Å². The number of nitrogens with zero attached hydrogens (tertiary/aromatic N) is 1. The van der Waals surface area contributed by atoms with Crippen LogP contribution in [0.1, 0.15) is 22.8 Å². The molecule has 0 saturated carbocycles. The van der Waals surface area contributed by atoms with Gasteiger partial charge < -0.3 is 4.90 Å². The standard InChI is InChI=1S/C16H13BrFNO/c1-10-8-11-4-2-3-5-15(11)19(10)16(20)13-9-12(18)6-7-14(13)17/h2-7,9-10H,8H2,1H3/t10-/m1/s1. The Hall–Kier alpha value is -1.68. The van der Waals surface area contributed by atoms with Crippen molar-refractivity contribution in [2.45, 2.75) is 19.4 Å². The van der Waals surface area contributed by atoms with Crippen LogP contribution in [0.5, 0.6) is 0 Å². The van der Waals surface area contributed by atoms with Crippen LogP contribution in [0, 0.1) is 5.82 Å². The molecule has 1 heterocycles. The summed E-state index contributed by atoms with van der Waals surface area (Å²) in [7, 11) is 0. The Labute approximate surface area is 125 Å². The second-order valence-corrected chi connectivity index (χ2v) is 5.84. The van der Waals surface area contributed by atoms with E-state index in [9.17, 15) is 9.18 Å². The first kappa shape index (κ1) is 13.3. The summed E-state index contributed by atoms with van der Waals surface area (Å²) >= 11 is 3.32. The van der Waals surface area contributed by atoms with E-state index in [0.717, 1.165) is 17.7 Å². The lowest BCUT2D eigenvalue weighted by molar-refractivity contribution is 0.0980. The highest BCUT2D eigenvalue weighted by Gasteiger charge is 2.32. The second-order valence-electron chi connectivity index (χ2n) is 4.98. The minimum atomic E-state index is -0.406. The first-order valence-corrected chi connectivity index (χ1v) is 7.24. The summed E-state index contributed by atoms with van der Waals surface area (Å²) in [6, 6.07) is 12.1. The lowest BCUT2D eigenvalue weighted by Crippen LogP contribution is -2.36. The normalized spacial score (nSPS) is 17.1. The quantitative estimate of drug-likeness (QED) is 0.766. The largest absolute Gasteiger partial charge is 0.305 e. The van der Waals surface area contributed by atoms with Crippen LogP contribution in [0.4, 0.5) is 10.1 Å². The zero-order valence-corrected chi connectivity index (χ0v) is 12.5. The van der Waals surface area contributed by atoms with Gasteiger partial charge in [-0.3, -0.25) is 4.79 Å². The van der Waals surface area contributed by atoms with E-state index in [-0.39, 0.29) is 11.9 Å². The summed E-state index contributed by atoms with van der Waals surface area (Å²) < 4.78 is 14.0. The molecule has 1 amide bonds. The van der Waals surface area contributed by atoms with Crippen LogP contribution in [0.3, 0.4) is 0 Å². The summed E-state index contributed by atoms with van der Waals surface area (Å²) in [6.07, 6.45) is 0.828. The molecule has 102 valence electrons. The number of rotatable bonds is 1. The molecule has 0 bridgehead atoms. The first-order valence-electron chi connectivity index (χ1n) is 6.44. The van der Waals surface area contributed by atoms with Crippen LogP contribution in [-0.4, -0.2) is 11.9 Å². The fourth-order valence-electron chi connectivity index (χ4n) is 2.67. The number of amides is 1. The number of carbonyl (C=O) groups excluding carboxylic acids is 1. The summed E-state index contributed by atoms with van der Waals surface area (Å²) in [4.78, 5) is 14.5. The maximum atomic E-state index is 13.4. The topological polar surface area (TPSA) is 20.3 Å². The third-order valence-corrected chi connectivity index (χ3v) is 4.28. The van der Waals surface area contributed by atoms with Gasteiger partial charge in [0.2, 0.25) is 0 Å². The monoisotopic (exact) mass is 333 g/mol. The minimum absolute atomic E-state index is 0.0788. The Morgan fingerprint density at radius 2 is 2.05 bits per heavy atom. The Bertz CT molecular complexity index is 686. The van der Waals surface area contributed by atoms with Crippen molar-refractivity contribution in [1.82, 2.24) is 0 Å². The second kappa shape index (κ2) is 5.02. The lowest BCUT2D eigenvalue weighted by atomic mass is 10.1. The Kier molecular flexibility index (Phi) is 3.34. The number of fused-ring (bicyclic) bond motifs is 1. The van der Waals surface area contributed by atoms with Crippen molar-refractivity contribution in [2.75, 3.05) is 4.90 Å². The van der Waals surface area contributed by atoms with Crippen LogP contribution in [0.25, 0.3) is 0 Å². The van der Waals surface area contributed by atoms with Gasteiger partial charge in [0.25, 0.3) is 5.91 Å². The van der Waals surface area contributed by atoms with E-state index in [4.69, 9.17) is 0 Å². The third kappa shape index (κ3) is 2.14.